The van der Waals surface area contributed by atoms with E-state index in [0.717, 1.165) is 4.88 Å². The molecule has 0 spiro atoms. The molecule has 3 unspecified atom stereocenters. The van der Waals surface area contributed by atoms with E-state index >= 15 is 0 Å². The van der Waals surface area contributed by atoms with Crippen molar-refractivity contribution >= 4 is 21.4 Å². The molecule has 0 bridgehead atoms. The number of ether oxygens (including phenoxy) is 1. The number of fused-ring (bicyclic) bond motifs is 1. The van der Waals surface area contributed by atoms with Crippen molar-refractivity contribution in [2.75, 3.05) is 6.61 Å². The summed E-state index contributed by atoms with van der Waals surface area (Å²) in [4.78, 5) is 1.11. The van der Waals surface area contributed by atoms with Crippen LogP contribution in [0.25, 0.3) is 10.1 Å². The zero-order valence-corrected chi connectivity index (χ0v) is 15.5. The second kappa shape index (κ2) is 7.48. The summed E-state index contributed by atoms with van der Waals surface area (Å²) in [5.41, 5.74) is 1.22. The van der Waals surface area contributed by atoms with Gasteiger partial charge in [0.15, 0.2) is 0 Å². The molecule has 0 amide bonds. The van der Waals surface area contributed by atoms with Crippen LogP contribution in [0.15, 0.2) is 42.5 Å². The molecule has 4 N–H and O–H groups in total. The van der Waals surface area contributed by atoms with Crippen LogP contribution in [0.2, 0.25) is 0 Å². The highest BCUT2D eigenvalue weighted by Gasteiger charge is 2.31. The maximum absolute atomic E-state index is 10.3. The van der Waals surface area contributed by atoms with Gasteiger partial charge >= 0.3 is 0 Å². The summed E-state index contributed by atoms with van der Waals surface area (Å²) in [6.45, 7) is -0.180. The number of hydrogen-bond acceptors (Lipinski definition) is 6. The molecule has 3 atom stereocenters. The Hall–Kier alpha value is -2.12. The molecule has 1 saturated heterocycles. The third kappa shape index (κ3) is 3.80. The minimum Gasteiger partial charge on any atom is -0.508 e. The van der Waals surface area contributed by atoms with Gasteiger partial charge in [0.05, 0.1) is 24.9 Å². The van der Waals surface area contributed by atoms with E-state index < -0.39 is 18.3 Å². The molecule has 1 fully saturated rings. The van der Waals surface area contributed by atoms with Crippen LogP contribution in [-0.2, 0) is 11.2 Å². The zero-order valence-electron chi connectivity index (χ0n) is 14.7. The van der Waals surface area contributed by atoms with E-state index in [1.54, 1.807) is 17.4 Å². The second-order valence-electron chi connectivity index (χ2n) is 7.02. The molecule has 142 valence electrons. The van der Waals surface area contributed by atoms with E-state index in [-0.39, 0.29) is 18.1 Å². The standard InChI is InChI=1S/C21H22O5S/c22-11-15-8-14(23)9-20(26-15)17-7-13(18(24)10-19(17)25)6-16-5-12-3-1-2-4-21(12)27-16/h1-5,7,10,14-15,20,22-25H,6,8-9,11H2. The van der Waals surface area contributed by atoms with Crippen molar-refractivity contribution in [1.29, 1.82) is 0 Å². The summed E-state index contributed by atoms with van der Waals surface area (Å²) in [6, 6.07) is 13.3. The molecule has 1 aromatic heterocycles. The summed E-state index contributed by atoms with van der Waals surface area (Å²) in [6.07, 6.45) is -0.319. The van der Waals surface area contributed by atoms with Crippen LogP contribution in [0, 0.1) is 0 Å². The Balaban J connectivity index is 1.64. The average molecular weight is 386 g/mol. The highest BCUT2D eigenvalue weighted by molar-refractivity contribution is 7.19. The lowest BCUT2D eigenvalue weighted by atomic mass is 9.93. The van der Waals surface area contributed by atoms with Crippen molar-refractivity contribution < 1.29 is 25.2 Å². The van der Waals surface area contributed by atoms with Gasteiger partial charge in [0.2, 0.25) is 0 Å². The van der Waals surface area contributed by atoms with E-state index in [4.69, 9.17) is 4.74 Å². The van der Waals surface area contributed by atoms with Crippen LogP contribution in [0.1, 0.15) is 34.9 Å². The molecule has 5 nitrogen and oxygen atoms in total. The van der Waals surface area contributed by atoms with Gasteiger partial charge in [0.25, 0.3) is 0 Å². The normalized spacial score (nSPS) is 23.0. The number of benzene rings is 2. The van der Waals surface area contributed by atoms with Gasteiger partial charge in [0, 0.05) is 40.5 Å². The largest absolute Gasteiger partial charge is 0.508 e. The fourth-order valence-corrected chi connectivity index (χ4v) is 4.75. The number of phenols is 2. The predicted octanol–water partition coefficient (Wildman–Crippen LogP) is 3.48. The molecule has 0 aliphatic carbocycles. The number of aromatic hydroxyl groups is 2. The van der Waals surface area contributed by atoms with Crippen molar-refractivity contribution in [3.63, 3.8) is 0 Å². The van der Waals surface area contributed by atoms with Crippen molar-refractivity contribution in [3.8, 4) is 11.5 Å². The summed E-state index contributed by atoms with van der Waals surface area (Å²) < 4.78 is 7.01. The van der Waals surface area contributed by atoms with E-state index in [2.05, 4.69) is 18.2 Å². The molecule has 2 heterocycles. The first-order valence-corrected chi connectivity index (χ1v) is 9.81. The van der Waals surface area contributed by atoms with Crippen LogP contribution in [-0.4, -0.2) is 39.2 Å². The minimum absolute atomic E-state index is 0.0313. The van der Waals surface area contributed by atoms with E-state index in [0.29, 0.717) is 30.4 Å². The Morgan fingerprint density at radius 3 is 2.63 bits per heavy atom. The second-order valence-corrected chi connectivity index (χ2v) is 8.19. The lowest BCUT2D eigenvalue weighted by molar-refractivity contribution is -0.114. The fraction of sp³-hybridized carbons (Fsp3) is 0.333. The van der Waals surface area contributed by atoms with Crippen molar-refractivity contribution in [1.82, 2.24) is 0 Å². The molecule has 0 saturated carbocycles. The van der Waals surface area contributed by atoms with Gasteiger partial charge in [-0.3, -0.25) is 0 Å². The molecule has 0 radical (unpaired) electrons. The van der Waals surface area contributed by atoms with Gasteiger partial charge in [-0.15, -0.1) is 11.3 Å². The maximum Gasteiger partial charge on any atom is 0.125 e. The molecule has 4 rings (SSSR count). The van der Waals surface area contributed by atoms with E-state index in [1.165, 1.54) is 16.2 Å². The quantitative estimate of drug-likeness (QED) is 0.551. The monoisotopic (exact) mass is 386 g/mol. The van der Waals surface area contributed by atoms with Crippen molar-refractivity contribution in [3.05, 3.63) is 58.5 Å². The molecule has 2 aromatic carbocycles. The Kier molecular flexibility index (Phi) is 5.06. The third-order valence-electron chi connectivity index (χ3n) is 5.00. The molecule has 27 heavy (non-hydrogen) atoms. The van der Waals surface area contributed by atoms with Crippen LogP contribution in [0.5, 0.6) is 11.5 Å². The number of thiophene rings is 1. The first kappa shape index (κ1) is 18.3. The highest BCUT2D eigenvalue weighted by Crippen LogP contribution is 2.40. The average Bonchev–Trinajstić information content (AvgIpc) is 3.05. The Morgan fingerprint density at radius 1 is 1.04 bits per heavy atom. The zero-order chi connectivity index (χ0) is 19.0. The summed E-state index contributed by atoms with van der Waals surface area (Å²) in [7, 11) is 0. The molecule has 1 aliphatic heterocycles. The summed E-state index contributed by atoms with van der Waals surface area (Å²) >= 11 is 1.67. The van der Waals surface area contributed by atoms with Gasteiger partial charge in [0.1, 0.15) is 11.5 Å². The topological polar surface area (TPSA) is 90.2 Å². The minimum atomic E-state index is -0.597. The lowest BCUT2D eigenvalue weighted by Crippen LogP contribution is -2.33. The number of aliphatic hydroxyl groups is 2. The van der Waals surface area contributed by atoms with E-state index in [9.17, 15) is 20.4 Å². The van der Waals surface area contributed by atoms with E-state index in [1.807, 2.05) is 12.1 Å². The first-order chi connectivity index (χ1) is 13.0. The highest BCUT2D eigenvalue weighted by atomic mass is 32.1. The Morgan fingerprint density at radius 2 is 1.85 bits per heavy atom. The number of aliphatic hydroxyl groups excluding tert-OH is 2. The Labute approximate surface area is 161 Å². The van der Waals surface area contributed by atoms with Crippen LogP contribution in [0.3, 0.4) is 0 Å². The third-order valence-corrected chi connectivity index (χ3v) is 6.11. The maximum atomic E-state index is 10.3. The number of rotatable bonds is 4. The van der Waals surface area contributed by atoms with Crippen molar-refractivity contribution in [2.45, 2.75) is 37.6 Å². The van der Waals surface area contributed by atoms with Crippen LogP contribution in [0.4, 0.5) is 0 Å². The molecular weight excluding hydrogens is 364 g/mol. The van der Waals surface area contributed by atoms with Crippen LogP contribution >= 0.6 is 11.3 Å². The Bertz CT molecular complexity index is 918. The first-order valence-electron chi connectivity index (χ1n) is 9.00. The van der Waals surface area contributed by atoms with Crippen molar-refractivity contribution in [2.24, 2.45) is 0 Å². The number of hydrogen-bond donors (Lipinski definition) is 4. The van der Waals surface area contributed by atoms with Gasteiger partial charge in [-0.2, -0.15) is 0 Å². The fourth-order valence-electron chi connectivity index (χ4n) is 3.66. The van der Waals surface area contributed by atoms with Crippen LogP contribution < -0.4 is 0 Å². The smallest absolute Gasteiger partial charge is 0.125 e. The van der Waals surface area contributed by atoms with Gasteiger partial charge < -0.3 is 25.2 Å². The molecular formula is C21H22O5S. The SMILES string of the molecule is OCC1CC(O)CC(c2cc(Cc3cc4ccccc4s3)c(O)cc2O)O1. The summed E-state index contributed by atoms with van der Waals surface area (Å²) in [5.74, 6) is -0.0350. The molecule has 6 heteroatoms. The van der Waals surface area contributed by atoms with Gasteiger partial charge in [-0.1, -0.05) is 18.2 Å². The lowest BCUT2D eigenvalue weighted by Gasteiger charge is -2.33. The summed E-state index contributed by atoms with van der Waals surface area (Å²) in [5, 5.41) is 41.2. The molecule has 3 aromatic rings. The molecule has 1 aliphatic rings. The number of phenolic OH excluding ortho intramolecular Hbond substituents is 2. The van der Waals surface area contributed by atoms with Gasteiger partial charge in [-0.25, -0.2) is 0 Å². The predicted molar refractivity (Wildman–Crippen MR) is 104 cm³/mol. The van der Waals surface area contributed by atoms with Gasteiger partial charge in [-0.05, 0) is 29.1 Å².